The quantitative estimate of drug-likeness (QED) is 0.152. The van der Waals surface area contributed by atoms with Crippen LogP contribution in [0.5, 0.6) is 0 Å². The van der Waals surface area contributed by atoms with E-state index < -0.39 is 6.51 Å². The molecule has 4 aromatic carbocycles. The molecular weight excluding hydrogens is 550 g/mol. The van der Waals surface area contributed by atoms with Gasteiger partial charge < -0.3 is 0 Å². The van der Waals surface area contributed by atoms with E-state index in [1.165, 1.54) is 38.5 Å². The zero-order valence-corrected chi connectivity index (χ0v) is 24.9. The van der Waals surface area contributed by atoms with E-state index in [0.717, 1.165) is 14.0 Å². The van der Waals surface area contributed by atoms with Crippen LogP contribution in [-0.2, 0) is 6.51 Å². The molecule has 0 nitrogen and oxygen atoms in total. The summed E-state index contributed by atoms with van der Waals surface area (Å²) < 4.78 is 1.52. The molecule has 10 heterocycles. The molecule has 0 aliphatic carbocycles. The van der Waals surface area contributed by atoms with Crippen molar-refractivity contribution in [3.8, 4) is 0 Å². The van der Waals surface area contributed by atoms with Crippen molar-refractivity contribution in [1.82, 2.24) is 0 Å². The molecular formula is C36H32FeP2. The summed E-state index contributed by atoms with van der Waals surface area (Å²) in [5.74, 6) is 0. The molecule has 14 rings (SSSR count). The Morgan fingerprint density at radius 1 is 0.513 bits per heavy atom. The third kappa shape index (κ3) is 0.509. The van der Waals surface area contributed by atoms with Crippen LogP contribution in [0.2, 0.25) is 42.8 Å². The number of rotatable bonds is 7. The molecule has 4 aromatic rings. The first-order valence-electron chi connectivity index (χ1n) is 15.0. The van der Waals surface area contributed by atoms with E-state index in [-0.39, 0.29) is 15.8 Å². The van der Waals surface area contributed by atoms with E-state index >= 15 is 0 Å². The molecule has 10 aliphatic heterocycles. The van der Waals surface area contributed by atoms with Crippen molar-refractivity contribution in [2.45, 2.75) is 59.5 Å². The van der Waals surface area contributed by atoms with E-state index in [4.69, 9.17) is 0 Å². The van der Waals surface area contributed by atoms with Crippen molar-refractivity contribution >= 4 is 37.1 Å². The van der Waals surface area contributed by atoms with Crippen molar-refractivity contribution in [3.05, 3.63) is 121 Å². The summed E-state index contributed by atoms with van der Waals surface area (Å²) in [5, 5.41) is 6.73. The van der Waals surface area contributed by atoms with Gasteiger partial charge in [-0.15, -0.1) is 0 Å². The summed E-state index contributed by atoms with van der Waals surface area (Å²) in [4.78, 5) is 10.3. The molecule has 0 N–H and O–H groups in total. The summed E-state index contributed by atoms with van der Waals surface area (Å²) in [7, 11) is -0.669. The van der Waals surface area contributed by atoms with E-state index in [1.807, 2.05) is 0 Å². The number of hydrogen-bond donors (Lipinski definition) is 0. The standard InChI is InChI=1S/C31H27P2.C5H5.Fe/c1-25(32(26-15-6-2-7-16-26)27-17-8-3-9-18-27)30-23-14-24-31(30)33(28-19-10-4-11-20-28)29-21-12-5-13-22-29;1-2-4-5-3-1;/h2-25H,1H3;1-5H;/t25-;;/m1../s1. The monoisotopic (exact) mass is 582 g/mol. The van der Waals surface area contributed by atoms with Gasteiger partial charge in [0, 0.05) is 0 Å². The Bertz CT molecular complexity index is 2090. The first-order valence-corrected chi connectivity index (χ1v) is 24.0. The van der Waals surface area contributed by atoms with Gasteiger partial charge in [0.05, 0.1) is 0 Å². The van der Waals surface area contributed by atoms with Crippen LogP contribution in [-0.4, -0.2) is 9.71 Å². The molecule has 39 heavy (non-hydrogen) atoms. The van der Waals surface area contributed by atoms with E-state index in [9.17, 15) is 0 Å². The third-order valence-corrected chi connectivity index (χ3v) is 73.6. The number of benzene rings is 4. The van der Waals surface area contributed by atoms with Crippen molar-refractivity contribution in [2.24, 2.45) is 0 Å². The van der Waals surface area contributed by atoms with Crippen LogP contribution in [0.15, 0.2) is 121 Å². The predicted molar refractivity (Wildman–Crippen MR) is 163 cm³/mol. The molecule has 10 saturated heterocycles. The molecule has 10 fully saturated rings. The van der Waals surface area contributed by atoms with E-state index in [1.54, 1.807) is 21.2 Å². The van der Waals surface area contributed by atoms with E-state index in [2.05, 4.69) is 128 Å². The normalized spacial score (nSPS) is 61.3. The first-order chi connectivity index (χ1) is 19.0. The molecule has 6 atom stereocenters. The Balaban J connectivity index is 1.10. The van der Waals surface area contributed by atoms with Crippen LogP contribution in [0.3, 0.4) is 0 Å². The van der Waals surface area contributed by atoms with Gasteiger partial charge in [-0.3, -0.25) is 0 Å². The average Bonchev–Trinajstić information content (AvgIpc) is 3.95. The van der Waals surface area contributed by atoms with Crippen molar-refractivity contribution in [1.29, 1.82) is 0 Å². The molecule has 0 radical (unpaired) electrons. The number of fused-ring (bicyclic) bond motifs is 10. The van der Waals surface area contributed by atoms with Gasteiger partial charge in [-0.1, -0.05) is 0 Å². The third-order valence-electron chi connectivity index (χ3n) is 20.3. The topological polar surface area (TPSA) is 0 Å². The summed E-state index contributed by atoms with van der Waals surface area (Å²) >= 11 is 0. The molecule has 0 bridgehead atoms. The molecule has 0 saturated carbocycles. The minimum atomic E-state index is -3.79. The SMILES string of the molecule is C[C@@H](P(c1ccccc1)c1ccccc1)[C@]12[CH]3[CH]4[CH]5[C]1(P(c1ccccc1)c1ccccc1)[Fe]45321678[CH]2[CH]1[CH]6[CH]7[CH]28. The number of hydrogen-bond acceptors (Lipinski definition) is 0. The molecule has 3 heteroatoms. The second kappa shape index (κ2) is 3.12. The van der Waals surface area contributed by atoms with E-state index in [0.29, 0.717) is 0 Å². The van der Waals surface area contributed by atoms with Crippen LogP contribution < -0.4 is 21.2 Å². The van der Waals surface area contributed by atoms with Crippen molar-refractivity contribution in [3.63, 3.8) is 0 Å². The maximum atomic E-state index is 2.83. The molecule has 194 valence electrons. The Labute approximate surface area is 223 Å². The summed E-state index contributed by atoms with van der Waals surface area (Å²) in [6.45, 7) is -0.957. The molecule has 0 amide bonds. The molecule has 4 unspecified atom stereocenters. The first kappa shape index (κ1) is 19.4. The van der Waals surface area contributed by atoms with Crippen LogP contribution in [0.1, 0.15) is 6.92 Å². The zero-order chi connectivity index (χ0) is 25.1. The second-order valence-electron chi connectivity index (χ2n) is 16.5. The van der Waals surface area contributed by atoms with Crippen LogP contribution in [0, 0.1) is 0 Å². The Hall–Kier alpha value is -1.74. The fourth-order valence-corrected chi connectivity index (χ4v) is 119. The summed E-state index contributed by atoms with van der Waals surface area (Å²) in [6.07, 6.45) is 0. The van der Waals surface area contributed by atoms with Crippen LogP contribution in [0.4, 0.5) is 0 Å². The van der Waals surface area contributed by atoms with Gasteiger partial charge in [0.25, 0.3) is 0 Å². The average molecular weight is 582 g/mol. The fraction of sp³-hybridized carbons (Fsp3) is 0.333. The second-order valence-corrected chi connectivity index (χ2v) is 45.1. The van der Waals surface area contributed by atoms with Gasteiger partial charge in [-0.2, -0.15) is 0 Å². The van der Waals surface area contributed by atoms with Crippen molar-refractivity contribution < 1.29 is 6.51 Å². The summed E-state index contributed by atoms with van der Waals surface area (Å²) in [5.41, 5.74) is 0.832. The van der Waals surface area contributed by atoms with Gasteiger partial charge in [0.15, 0.2) is 0 Å². The van der Waals surface area contributed by atoms with Gasteiger partial charge >= 0.3 is 224 Å². The predicted octanol–water partition coefficient (Wildman–Crippen LogP) is 8.31. The van der Waals surface area contributed by atoms with Gasteiger partial charge in [-0.05, 0) is 0 Å². The fourth-order valence-electron chi connectivity index (χ4n) is 22.1. The van der Waals surface area contributed by atoms with Gasteiger partial charge in [-0.25, -0.2) is 0 Å². The Kier molecular flexibility index (Phi) is 1.55. The molecule has 10 aliphatic rings. The van der Waals surface area contributed by atoms with Gasteiger partial charge in [0.2, 0.25) is 0 Å². The Morgan fingerprint density at radius 2 is 0.897 bits per heavy atom. The molecule has 1 spiro atoms. The maximum absolute atomic E-state index is 3.79. The van der Waals surface area contributed by atoms with Crippen LogP contribution in [0.25, 0.3) is 0 Å². The van der Waals surface area contributed by atoms with Crippen LogP contribution >= 0.6 is 15.8 Å². The summed E-state index contributed by atoms with van der Waals surface area (Å²) in [6, 6.07) is 47.8. The Morgan fingerprint density at radius 3 is 1.26 bits per heavy atom. The van der Waals surface area contributed by atoms with Gasteiger partial charge in [0.1, 0.15) is 0 Å². The molecule has 0 aromatic heterocycles. The minimum absolute atomic E-state index is 0.302. The van der Waals surface area contributed by atoms with Crippen molar-refractivity contribution in [2.75, 3.05) is 0 Å². The zero-order valence-electron chi connectivity index (χ0n) is 22.0.